The Balaban J connectivity index is 1.16. The minimum absolute atomic E-state index is 0.115. The molecular formula is C53H53NO19. The predicted octanol–water partition coefficient (Wildman–Crippen LogP) is 5.41. The summed E-state index contributed by atoms with van der Waals surface area (Å²) in [7, 11) is 0. The zero-order valence-electron chi connectivity index (χ0n) is 40.4. The normalized spacial score (nSPS) is 32.6. The van der Waals surface area contributed by atoms with Crippen LogP contribution < -0.4 is 0 Å². The van der Waals surface area contributed by atoms with Gasteiger partial charge >= 0.3 is 35.8 Å². The Hall–Kier alpha value is -7.09. The van der Waals surface area contributed by atoms with Crippen LogP contribution in [0.2, 0.25) is 0 Å². The molecule has 0 bridgehead atoms. The number of carbonyl (C=O) groups is 6. The molecule has 0 aromatic heterocycles. The van der Waals surface area contributed by atoms with Crippen LogP contribution >= 0.6 is 0 Å². The van der Waals surface area contributed by atoms with Crippen LogP contribution in [-0.4, -0.2) is 134 Å². The third kappa shape index (κ3) is 12.1. The number of hydrogen-bond acceptors (Lipinski definition) is 20. The molecule has 73 heavy (non-hydrogen) atoms. The lowest BCUT2D eigenvalue weighted by Crippen LogP contribution is -2.66. The Morgan fingerprint density at radius 1 is 0.438 bits per heavy atom. The molecule has 0 N–H and O–H groups in total. The quantitative estimate of drug-likeness (QED) is 0.113. The van der Waals surface area contributed by atoms with E-state index in [-0.39, 0.29) is 22.3 Å². The first-order valence-corrected chi connectivity index (χ1v) is 23.4. The molecule has 0 aliphatic carbocycles. The van der Waals surface area contributed by atoms with E-state index in [1.54, 1.807) is 79.7 Å². The number of esters is 6. The largest absolute Gasteiger partial charge is 0.453 e. The molecule has 0 amide bonds. The van der Waals surface area contributed by atoms with E-state index < -0.39 is 134 Å². The van der Waals surface area contributed by atoms with E-state index in [1.807, 2.05) is 6.07 Å². The molecule has 0 spiro atoms. The van der Waals surface area contributed by atoms with Gasteiger partial charge in [-0.25, -0.2) is 19.2 Å². The maximum atomic E-state index is 13.9. The van der Waals surface area contributed by atoms with Gasteiger partial charge in [-0.3, -0.25) is 9.59 Å². The van der Waals surface area contributed by atoms with Crippen molar-refractivity contribution in [2.24, 2.45) is 0 Å². The Bertz CT molecular complexity index is 2630. The SMILES string of the molecule is CC(=O)OC1C(OC2C(C)OC3OC(C)(C#N)OC3C2OC2OC(C)C(OC(=O)c3ccccc3)C(OC(=O)c3ccccc3)C2OC(C)=O)OC(C)C(OC(=O)c2ccccc2)C1OC(=O)c1ccccc1. The fourth-order valence-electron chi connectivity index (χ4n) is 8.86. The van der Waals surface area contributed by atoms with E-state index in [0.29, 0.717) is 0 Å². The average molecular weight is 1010 g/mol. The highest BCUT2D eigenvalue weighted by Gasteiger charge is 2.61. The Morgan fingerprint density at radius 2 is 0.767 bits per heavy atom. The van der Waals surface area contributed by atoms with Crippen LogP contribution in [0.25, 0.3) is 0 Å². The summed E-state index contributed by atoms with van der Waals surface area (Å²) < 4.78 is 80.6. The number of rotatable bonds is 14. The van der Waals surface area contributed by atoms with Crippen molar-refractivity contribution in [1.82, 2.24) is 0 Å². The van der Waals surface area contributed by atoms with Crippen molar-refractivity contribution in [3.8, 4) is 6.07 Å². The van der Waals surface area contributed by atoms with E-state index in [2.05, 4.69) is 0 Å². The van der Waals surface area contributed by atoms with Crippen molar-refractivity contribution in [3.63, 3.8) is 0 Å². The van der Waals surface area contributed by atoms with Crippen LogP contribution in [0.4, 0.5) is 0 Å². The smallest absolute Gasteiger partial charge is 0.338 e. The number of nitriles is 1. The molecule has 4 fully saturated rings. The molecule has 384 valence electrons. The molecule has 4 aliphatic rings. The third-order valence-electron chi connectivity index (χ3n) is 12.3. The topological polar surface area (TPSA) is 246 Å². The van der Waals surface area contributed by atoms with E-state index in [9.17, 15) is 34.0 Å². The van der Waals surface area contributed by atoms with Crippen molar-refractivity contribution in [2.45, 2.75) is 139 Å². The summed E-state index contributed by atoms with van der Waals surface area (Å²) in [6, 6.07) is 33.9. The van der Waals surface area contributed by atoms with Crippen molar-refractivity contribution in [3.05, 3.63) is 144 Å². The minimum atomic E-state index is -1.91. The van der Waals surface area contributed by atoms with Gasteiger partial charge in [0.1, 0.15) is 24.4 Å². The Labute approximate surface area is 419 Å². The third-order valence-corrected chi connectivity index (χ3v) is 12.3. The van der Waals surface area contributed by atoms with Gasteiger partial charge in [0.25, 0.3) is 5.79 Å². The van der Waals surface area contributed by atoms with Crippen molar-refractivity contribution in [2.75, 3.05) is 0 Å². The highest BCUT2D eigenvalue weighted by Crippen LogP contribution is 2.42. The van der Waals surface area contributed by atoms with E-state index in [1.165, 1.54) is 69.3 Å². The van der Waals surface area contributed by atoms with Crippen LogP contribution in [-0.2, 0) is 71.2 Å². The summed E-state index contributed by atoms with van der Waals surface area (Å²) in [5.74, 6) is -6.99. The first kappa shape index (κ1) is 52.2. The van der Waals surface area contributed by atoms with Crippen molar-refractivity contribution < 1.29 is 90.3 Å². The number of nitrogens with zero attached hydrogens (tertiary/aromatic N) is 1. The zero-order valence-corrected chi connectivity index (χ0v) is 40.4. The lowest BCUT2D eigenvalue weighted by molar-refractivity contribution is -0.367. The number of hydrogen-bond donors (Lipinski definition) is 0. The monoisotopic (exact) mass is 1010 g/mol. The number of benzene rings is 4. The van der Waals surface area contributed by atoms with Crippen LogP contribution in [0, 0.1) is 11.3 Å². The highest BCUT2D eigenvalue weighted by molar-refractivity contribution is 5.91. The molecule has 16 unspecified atom stereocenters. The Morgan fingerprint density at radius 3 is 1.11 bits per heavy atom. The van der Waals surface area contributed by atoms with Gasteiger partial charge in [-0.15, -0.1) is 0 Å². The van der Waals surface area contributed by atoms with Gasteiger partial charge in [-0.05, 0) is 69.3 Å². The lowest BCUT2D eigenvalue weighted by atomic mass is 9.95. The van der Waals surface area contributed by atoms with Crippen molar-refractivity contribution >= 4 is 35.8 Å². The maximum Gasteiger partial charge on any atom is 0.338 e. The van der Waals surface area contributed by atoms with E-state index in [4.69, 9.17) is 61.6 Å². The van der Waals surface area contributed by atoms with Crippen LogP contribution in [0.5, 0.6) is 0 Å². The molecule has 4 saturated heterocycles. The Kier molecular flexibility index (Phi) is 16.3. The first-order valence-electron chi connectivity index (χ1n) is 23.4. The summed E-state index contributed by atoms with van der Waals surface area (Å²) in [6.07, 6.45) is -21.6. The zero-order chi connectivity index (χ0) is 52.0. The molecule has 8 rings (SSSR count). The fraction of sp³-hybridized carbons (Fsp3) is 0.415. The second kappa shape index (κ2) is 22.8. The molecule has 20 heteroatoms. The van der Waals surface area contributed by atoms with Gasteiger partial charge in [0.2, 0.25) is 0 Å². The van der Waals surface area contributed by atoms with Crippen molar-refractivity contribution in [1.29, 1.82) is 5.26 Å². The second-order valence-electron chi connectivity index (χ2n) is 17.7. The van der Waals surface area contributed by atoms with E-state index >= 15 is 0 Å². The highest BCUT2D eigenvalue weighted by atomic mass is 16.8. The van der Waals surface area contributed by atoms with Crippen LogP contribution in [0.1, 0.15) is 83.0 Å². The van der Waals surface area contributed by atoms with E-state index in [0.717, 1.165) is 13.8 Å². The summed E-state index contributed by atoms with van der Waals surface area (Å²) >= 11 is 0. The molecule has 0 saturated carbocycles. The summed E-state index contributed by atoms with van der Waals surface area (Å²) in [4.78, 5) is 81.1. The maximum absolute atomic E-state index is 13.9. The fourth-order valence-corrected chi connectivity index (χ4v) is 8.86. The molecule has 4 aromatic rings. The molecular weight excluding hydrogens is 955 g/mol. The minimum Gasteiger partial charge on any atom is -0.453 e. The average Bonchev–Trinajstić information content (AvgIpc) is 3.73. The summed E-state index contributed by atoms with van der Waals surface area (Å²) in [5, 5.41) is 10.2. The summed E-state index contributed by atoms with van der Waals surface area (Å²) in [6.45, 7) is 8.18. The van der Waals surface area contributed by atoms with Gasteiger partial charge < -0.3 is 61.6 Å². The standard InChI is InChI=1S/C53H53NO19/c1-28-37(66-46(57)33-19-11-7-12-20-33)40(68-48(59)35-23-15-9-16-24-35)43(64-31(4)55)50(61-28)70-39-30(3)63-52-45(72-53(6,27-54)73-52)42(39)71-51-44(65-32(5)56)41(69-49(60)36-25-17-10-18-26-36)38(29(2)62-51)67-47(58)34-21-13-8-14-22-34/h7-26,28-30,37-45,50-52H,1-6H3. The summed E-state index contributed by atoms with van der Waals surface area (Å²) in [5.41, 5.74) is 0.565. The van der Waals surface area contributed by atoms with Gasteiger partial charge in [0.15, 0.2) is 55.5 Å². The number of fused-ring (bicyclic) bond motifs is 1. The number of carbonyl (C=O) groups excluding carboxylic acids is 6. The van der Waals surface area contributed by atoms with Gasteiger partial charge in [0.05, 0.1) is 40.6 Å². The van der Waals surface area contributed by atoms with Gasteiger partial charge in [0, 0.05) is 20.8 Å². The van der Waals surface area contributed by atoms with Crippen LogP contribution in [0.15, 0.2) is 121 Å². The van der Waals surface area contributed by atoms with Gasteiger partial charge in [-0.2, -0.15) is 5.26 Å². The molecule has 16 atom stereocenters. The molecule has 4 heterocycles. The number of ether oxygens (including phenoxy) is 13. The predicted molar refractivity (Wildman–Crippen MR) is 246 cm³/mol. The first-order chi connectivity index (χ1) is 35.0. The molecule has 0 radical (unpaired) electrons. The van der Waals surface area contributed by atoms with Gasteiger partial charge in [-0.1, -0.05) is 72.8 Å². The lowest BCUT2D eigenvalue weighted by Gasteiger charge is -2.49. The second-order valence-corrected chi connectivity index (χ2v) is 17.7. The molecule has 4 aromatic carbocycles. The molecule has 20 nitrogen and oxygen atoms in total. The molecule has 4 aliphatic heterocycles. The van der Waals surface area contributed by atoms with Crippen LogP contribution in [0.3, 0.4) is 0 Å².